The van der Waals surface area contributed by atoms with Gasteiger partial charge in [0.05, 0.1) is 5.39 Å². The minimum atomic E-state index is -0.0933. The van der Waals surface area contributed by atoms with Crippen LogP contribution < -0.4 is 11.3 Å². The van der Waals surface area contributed by atoms with Crippen LogP contribution in [0, 0.1) is 13.8 Å². The Morgan fingerprint density at radius 1 is 1.39 bits per heavy atom. The lowest BCUT2D eigenvalue weighted by molar-refractivity contribution is 0.0930. The predicted molar refractivity (Wildman–Crippen MR) is 74.7 cm³/mol. The van der Waals surface area contributed by atoms with E-state index in [-0.39, 0.29) is 6.10 Å². The van der Waals surface area contributed by atoms with Crippen LogP contribution >= 0.6 is 11.3 Å². The molecule has 0 aliphatic heterocycles. The summed E-state index contributed by atoms with van der Waals surface area (Å²) < 4.78 is 5.38. The third-order valence-corrected chi connectivity index (χ3v) is 4.23. The van der Waals surface area contributed by atoms with Crippen LogP contribution in [0.1, 0.15) is 35.7 Å². The molecule has 1 unspecified atom stereocenters. The minimum Gasteiger partial charge on any atom is -0.373 e. The fraction of sp³-hybridized carbons (Fsp3) is 0.500. The molecule has 0 saturated carbocycles. The van der Waals surface area contributed by atoms with E-state index in [0.717, 1.165) is 16.6 Å². The van der Waals surface area contributed by atoms with E-state index in [2.05, 4.69) is 29.2 Å². The van der Waals surface area contributed by atoms with Crippen LogP contribution in [0.2, 0.25) is 0 Å². The number of rotatable bonds is 4. The first-order valence-electron chi connectivity index (χ1n) is 5.89. The molecule has 0 aliphatic carbocycles. The molecule has 0 fully saturated rings. The van der Waals surface area contributed by atoms with Gasteiger partial charge in [0, 0.05) is 12.0 Å². The lowest BCUT2D eigenvalue weighted by Crippen LogP contribution is -2.13. The molecule has 1 atom stereocenters. The monoisotopic (exact) mass is 266 g/mol. The molecule has 6 heteroatoms. The molecule has 98 valence electrons. The van der Waals surface area contributed by atoms with Crippen molar-refractivity contribution in [2.45, 2.75) is 33.3 Å². The molecule has 0 amide bonds. The number of anilines is 1. The van der Waals surface area contributed by atoms with Crippen molar-refractivity contribution in [1.29, 1.82) is 0 Å². The number of hydrazine groups is 1. The normalized spacial score (nSPS) is 12.9. The first kappa shape index (κ1) is 13.2. The zero-order valence-corrected chi connectivity index (χ0v) is 11.9. The second kappa shape index (κ2) is 5.17. The van der Waals surface area contributed by atoms with Crippen LogP contribution in [0.25, 0.3) is 10.2 Å². The smallest absolute Gasteiger partial charge is 0.161 e. The summed E-state index contributed by atoms with van der Waals surface area (Å²) in [4.78, 5) is 11.3. The molecule has 2 aromatic rings. The number of aromatic nitrogens is 2. The van der Waals surface area contributed by atoms with Gasteiger partial charge in [0.1, 0.15) is 10.9 Å². The van der Waals surface area contributed by atoms with Gasteiger partial charge in [-0.25, -0.2) is 15.8 Å². The van der Waals surface area contributed by atoms with E-state index in [1.165, 1.54) is 10.4 Å². The highest BCUT2D eigenvalue weighted by molar-refractivity contribution is 7.18. The summed E-state index contributed by atoms with van der Waals surface area (Å²) in [7, 11) is 1.67. The number of thiophene rings is 1. The van der Waals surface area contributed by atoms with Crippen molar-refractivity contribution in [3.63, 3.8) is 0 Å². The maximum Gasteiger partial charge on any atom is 0.161 e. The number of nitrogens with two attached hydrogens (primary N) is 1. The van der Waals surface area contributed by atoms with Gasteiger partial charge < -0.3 is 10.2 Å². The van der Waals surface area contributed by atoms with Crippen molar-refractivity contribution in [2.75, 3.05) is 12.5 Å². The fourth-order valence-corrected chi connectivity index (χ4v) is 3.01. The van der Waals surface area contributed by atoms with Gasteiger partial charge in [0.25, 0.3) is 0 Å². The largest absolute Gasteiger partial charge is 0.373 e. The molecule has 0 aliphatic rings. The second-order valence-electron chi connectivity index (χ2n) is 4.17. The van der Waals surface area contributed by atoms with Crippen LogP contribution in [0.5, 0.6) is 0 Å². The molecule has 0 spiro atoms. The predicted octanol–water partition coefficient (Wildman–Crippen LogP) is 2.69. The Bertz CT molecular complexity index is 563. The lowest BCUT2D eigenvalue weighted by atomic mass is 10.2. The van der Waals surface area contributed by atoms with Gasteiger partial charge in [-0.05, 0) is 25.8 Å². The van der Waals surface area contributed by atoms with Gasteiger partial charge in [0.2, 0.25) is 0 Å². The molecule has 3 N–H and O–H groups in total. The van der Waals surface area contributed by atoms with E-state index in [1.807, 2.05) is 6.92 Å². The maximum absolute atomic E-state index is 5.57. The summed E-state index contributed by atoms with van der Waals surface area (Å²) >= 11 is 1.66. The van der Waals surface area contributed by atoms with Crippen molar-refractivity contribution in [2.24, 2.45) is 5.84 Å². The molecular weight excluding hydrogens is 248 g/mol. The number of ether oxygens (including phenoxy) is 1. The summed E-state index contributed by atoms with van der Waals surface area (Å²) in [5, 5.41) is 1.01. The van der Waals surface area contributed by atoms with E-state index in [4.69, 9.17) is 10.6 Å². The number of nitrogens with one attached hydrogen (secondary N) is 1. The van der Waals surface area contributed by atoms with Gasteiger partial charge in [-0.2, -0.15) is 0 Å². The number of methoxy groups -OCH3 is 1. The van der Waals surface area contributed by atoms with Gasteiger partial charge >= 0.3 is 0 Å². The first-order valence-corrected chi connectivity index (χ1v) is 6.71. The first-order chi connectivity index (χ1) is 8.62. The standard InChI is InChI=1S/C12H18N4OS/c1-5-8(17-4)10-14-11(16-13)9-6(2)7(3)18-12(9)15-10/h8H,5,13H2,1-4H3,(H,14,15,16). The topological polar surface area (TPSA) is 73.1 Å². The summed E-state index contributed by atoms with van der Waals surface area (Å²) in [6.45, 7) is 6.18. The quantitative estimate of drug-likeness (QED) is 0.657. The van der Waals surface area contributed by atoms with Crippen LogP contribution in [0.4, 0.5) is 5.82 Å². The molecule has 0 saturated heterocycles. The van der Waals surface area contributed by atoms with Gasteiger partial charge in [-0.15, -0.1) is 11.3 Å². The minimum absolute atomic E-state index is 0.0933. The van der Waals surface area contributed by atoms with Crippen molar-refractivity contribution in [1.82, 2.24) is 9.97 Å². The van der Waals surface area contributed by atoms with E-state index in [9.17, 15) is 0 Å². The number of nitrogens with zero attached hydrogens (tertiary/aromatic N) is 2. The summed E-state index contributed by atoms with van der Waals surface area (Å²) in [6, 6.07) is 0. The summed E-state index contributed by atoms with van der Waals surface area (Å²) in [5.41, 5.74) is 3.85. The van der Waals surface area contributed by atoms with Crippen molar-refractivity contribution < 1.29 is 4.74 Å². The molecule has 0 aromatic carbocycles. The third-order valence-electron chi connectivity index (χ3n) is 3.13. The van der Waals surface area contributed by atoms with E-state index >= 15 is 0 Å². The van der Waals surface area contributed by atoms with E-state index in [0.29, 0.717) is 11.6 Å². The van der Waals surface area contributed by atoms with E-state index < -0.39 is 0 Å². The van der Waals surface area contributed by atoms with E-state index in [1.54, 1.807) is 18.4 Å². The SMILES string of the molecule is CCC(OC)c1nc(NN)c2c(C)c(C)sc2n1. The van der Waals surface area contributed by atoms with Gasteiger partial charge in [-0.1, -0.05) is 6.92 Å². The zero-order valence-electron chi connectivity index (χ0n) is 11.1. The zero-order chi connectivity index (χ0) is 13.3. The molecule has 5 nitrogen and oxygen atoms in total. The van der Waals surface area contributed by atoms with Crippen molar-refractivity contribution in [3.8, 4) is 0 Å². The fourth-order valence-electron chi connectivity index (χ4n) is 1.97. The molecule has 0 bridgehead atoms. The average molecular weight is 266 g/mol. The Morgan fingerprint density at radius 2 is 2.11 bits per heavy atom. The lowest BCUT2D eigenvalue weighted by Gasteiger charge is -2.13. The Labute approximate surface area is 110 Å². The molecule has 2 rings (SSSR count). The highest BCUT2D eigenvalue weighted by atomic mass is 32.1. The van der Waals surface area contributed by atoms with Crippen LogP contribution in [0.15, 0.2) is 0 Å². The Balaban J connectivity index is 2.66. The van der Waals surface area contributed by atoms with Crippen LogP contribution in [-0.4, -0.2) is 17.1 Å². The number of fused-ring (bicyclic) bond motifs is 1. The Hall–Kier alpha value is -1.24. The number of hydrogen-bond acceptors (Lipinski definition) is 6. The van der Waals surface area contributed by atoms with Gasteiger partial charge in [-0.3, -0.25) is 0 Å². The van der Waals surface area contributed by atoms with Gasteiger partial charge in [0.15, 0.2) is 11.6 Å². The van der Waals surface area contributed by atoms with Crippen LogP contribution in [-0.2, 0) is 4.74 Å². The molecule has 0 radical (unpaired) electrons. The Kier molecular flexibility index (Phi) is 3.79. The molecule has 2 heterocycles. The molecule has 2 aromatic heterocycles. The summed E-state index contributed by atoms with van der Waals surface area (Å²) in [6.07, 6.45) is 0.735. The number of hydrogen-bond donors (Lipinski definition) is 2. The molecule has 18 heavy (non-hydrogen) atoms. The summed E-state index contributed by atoms with van der Waals surface area (Å²) in [5.74, 6) is 6.93. The van der Waals surface area contributed by atoms with Crippen molar-refractivity contribution >= 4 is 27.4 Å². The highest BCUT2D eigenvalue weighted by Gasteiger charge is 2.18. The maximum atomic E-state index is 5.57. The third kappa shape index (κ3) is 2.07. The molecular formula is C12H18N4OS. The Morgan fingerprint density at radius 3 is 2.67 bits per heavy atom. The second-order valence-corrected chi connectivity index (χ2v) is 5.37. The highest BCUT2D eigenvalue weighted by Crippen LogP contribution is 2.34. The van der Waals surface area contributed by atoms with Crippen LogP contribution in [0.3, 0.4) is 0 Å². The number of aryl methyl sites for hydroxylation is 2. The average Bonchev–Trinajstić information content (AvgIpc) is 2.66. The number of nitrogen functional groups attached to an aromatic ring is 1. The van der Waals surface area contributed by atoms with Crippen molar-refractivity contribution in [3.05, 3.63) is 16.3 Å².